The van der Waals surface area contributed by atoms with Crippen molar-refractivity contribution < 1.29 is 4.74 Å². The SMILES string of the molecule is Cn1nc([C@H]2CO2)c2ccccc21. The number of fused-ring (bicyclic) bond motifs is 1. The van der Waals surface area contributed by atoms with E-state index in [0.29, 0.717) is 0 Å². The van der Waals surface area contributed by atoms with Crippen LogP contribution in [0.3, 0.4) is 0 Å². The summed E-state index contributed by atoms with van der Waals surface area (Å²) in [5.74, 6) is 0. The van der Waals surface area contributed by atoms with E-state index in [4.69, 9.17) is 4.74 Å². The van der Waals surface area contributed by atoms with Crippen molar-refractivity contribution in [2.75, 3.05) is 6.61 Å². The highest BCUT2D eigenvalue weighted by molar-refractivity contribution is 5.82. The summed E-state index contributed by atoms with van der Waals surface area (Å²) >= 11 is 0. The van der Waals surface area contributed by atoms with Crippen LogP contribution in [0.5, 0.6) is 0 Å². The summed E-state index contributed by atoms with van der Waals surface area (Å²) in [6.45, 7) is 0.820. The van der Waals surface area contributed by atoms with Crippen LogP contribution in [0.1, 0.15) is 11.8 Å². The van der Waals surface area contributed by atoms with Gasteiger partial charge in [0.05, 0.1) is 12.1 Å². The lowest BCUT2D eigenvalue weighted by molar-refractivity contribution is 0.411. The minimum atomic E-state index is 0.242. The normalized spacial score (nSPS) is 20.8. The molecule has 1 saturated heterocycles. The fraction of sp³-hybridized carbons (Fsp3) is 0.300. The lowest BCUT2D eigenvalue weighted by atomic mass is 10.2. The fourth-order valence-electron chi connectivity index (χ4n) is 1.69. The molecule has 0 aliphatic carbocycles. The van der Waals surface area contributed by atoms with Gasteiger partial charge in [-0.25, -0.2) is 0 Å². The van der Waals surface area contributed by atoms with Gasteiger partial charge in [-0.2, -0.15) is 5.10 Å². The van der Waals surface area contributed by atoms with Gasteiger partial charge in [0, 0.05) is 12.4 Å². The van der Waals surface area contributed by atoms with Crippen LogP contribution in [0.4, 0.5) is 0 Å². The number of nitrogens with zero attached hydrogens (tertiary/aromatic N) is 2. The van der Waals surface area contributed by atoms with Gasteiger partial charge in [-0.3, -0.25) is 4.68 Å². The minimum absolute atomic E-state index is 0.242. The Morgan fingerprint density at radius 3 is 3.00 bits per heavy atom. The summed E-state index contributed by atoms with van der Waals surface area (Å²) in [6.07, 6.45) is 0.242. The van der Waals surface area contributed by atoms with Crippen LogP contribution in [-0.2, 0) is 11.8 Å². The van der Waals surface area contributed by atoms with E-state index in [-0.39, 0.29) is 6.10 Å². The molecule has 0 unspecified atom stereocenters. The second-order valence-electron chi connectivity index (χ2n) is 3.35. The van der Waals surface area contributed by atoms with Gasteiger partial charge in [-0.15, -0.1) is 0 Å². The Hall–Kier alpha value is -1.35. The molecule has 13 heavy (non-hydrogen) atoms. The molecular formula is C10H10N2O. The Balaban J connectivity index is 2.34. The first-order valence-electron chi connectivity index (χ1n) is 4.39. The first-order valence-corrected chi connectivity index (χ1v) is 4.39. The van der Waals surface area contributed by atoms with Crippen LogP contribution < -0.4 is 0 Å². The largest absolute Gasteiger partial charge is 0.366 e. The number of benzene rings is 1. The summed E-state index contributed by atoms with van der Waals surface area (Å²) in [5.41, 5.74) is 2.26. The number of epoxide rings is 1. The molecule has 1 aliphatic heterocycles. The minimum Gasteiger partial charge on any atom is -0.366 e. The smallest absolute Gasteiger partial charge is 0.125 e. The Labute approximate surface area is 75.9 Å². The Morgan fingerprint density at radius 1 is 1.46 bits per heavy atom. The average Bonchev–Trinajstić information content (AvgIpc) is 2.94. The number of ether oxygens (including phenoxy) is 1. The van der Waals surface area contributed by atoms with Gasteiger partial charge < -0.3 is 4.74 Å². The monoisotopic (exact) mass is 174 g/mol. The van der Waals surface area contributed by atoms with Crippen LogP contribution >= 0.6 is 0 Å². The third-order valence-electron chi connectivity index (χ3n) is 2.42. The highest BCUT2D eigenvalue weighted by Crippen LogP contribution is 2.33. The van der Waals surface area contributed by atoms with Gasteiger partial charge in [0.25, 0.3) is 0 Å². The van der Waals surface area contributed by atoms with Gasteiger partial charge >= 0.3 is 0 Å². The first-order chi connectivity index (χ1) is 6.36. The molecule has 2 aromatic rings. The van der Waals surface area contributed by atoms with Crippen LogP contribution in [0.25, 0.3) is 10.9 Å². The first kappa shape index (κ1) is 7.09. The quantitative estimate of drug-likeness (QED) is 0.615. The standard InChI is InChI=1S/C10H10N2O/c1-12-8-5-3-2-4-7(8)10(11-12)9-6-13-9/h2-5,9H,6H2,1H3/t9-/m1/s1. The predicted molar refractivity (Wildman–Crippen MR) is 49.4 cm³/mol. The number of hydrogen-bond acceptors (Lipinski definition) is 2. The molecule has 1 aliphatic rings. The van der Waals surface area contributed by atoms with Gasteiger partial charge in [-0.05, 0) is 6.07 Å². The number of para-hydroxylation sites is 1. The Bertz CT molecular complexity index is 457. The molecule has 3 heteroatoms. The van der Waals surface area contributed by atoms with E-state index in [1.165, 1.54) is 10.9 Å². The molecule has 0 bridgehead atoms. The van der Waals surface area contributed by atoms with E-state index in [9.17, 15) is 0 Å². The highest BCUT2D eigenvalue weighted by atomic mass is 16.6. The van der Waals surface area contributed by atoms with E-state index >= 15 is 0 Å². The summed E-state index contributed by atoms with van der Waals surface area (Å²) in [5, 5.41) is 5.66. The molecule has 1 atom stereocenters. The maximum atomic E-state index is 5.24. The average molecular weight is 174 g/mol. The van der Waals surface area contributed by atoms with Crippen molar-refractivity contribution in [1.82, 2.24) is 9.78 Å². The predicted octanol–water partition coefficient (Wildman–Crippen LogP) is 1.64. The fourth-order valence-corrected chi connectivity index (χ4v) is 1.69. The highest BCUT2D eigenvalue weighted by Gasteiger charge is 2.29. The number of aryl methyl sites for hydroxylation is 1. The number of rotatable bonds is 1. The molecule has 0 N–H and O–H groups in total. The van der Waals surface area contributed by atoms with E-state index in [1.807, 2.05) is 23.9 Å². The molecule has 0 amide bonds. The van der Waals surface area contributed by atoms with Crippen molar-refractivity contribution in [3.63, 3.8) is 0 Å². The molecule has 1 aromatic carbocycles. The van der Waals surface area contributed by atoms with Crippen LogP contribution in [0.15, 0.2) is 24.3 Å². The van der Waals surface area contributed by atoms with Crippen molar-refractivity contribution in [3.05, 3.63) is 30.0 Å². The van der Waals surface area contributed by atoms with Gasteiger partial charge in [0.15, 0.2) is 0 Å². The molecule has 1 aromatic heterocycles. The van der Waals surface area contributed by atoms with Crippen molar-refractivity contribution in [3.8, 4) is 0 Å². The van der Waals surface area contributed by atoms with Crippen molar-refractivity contribution in [1.29, 1.82) is 0 Å². The third-order valence-corrected chi connectivity index (χ3v) is 2.42. The molecule has 3 nitrogen and oxygen atoms in total. The number of hydrogen-bond donors (Lipinski definition) is 0. The van der Waals surface area contributed by atoms with Gasteiger partial charge in [0.2, 0.25) is 0 Å². The van der Waals surface area contributed by atoms with E-state index < -0.39 is 0 Å². The molecule has 2 heterocycles. The van der Waals surface area contributed by atoms with Crippen LogP contribution in [0, 0.1) is 0 Å². The zero-order chi connectivity index (χ0) is 8.84. The van der Waals surface area contributed by atoms with E-state index in [2.05, 4.69) is 17.2 Å². The van der Waals surface area contributed by atoms with Gasteiger partial charge in [0.1, 0.15) is 11.8 Å². The van der Waals surface area contributed by atoms with Crippen molar-refractivity contribution >= 4 is 10.9 Å². The maximum absolute atomic E-state index is 5.24. The molecule has 3 rings (SSSR count). The van der Waals surface area contributed by atoms with Crippen molar-refractivity contribution in [2.45, 2.75) is 6.10 Å². The zero-order valence-corrected chi connectivity index (χ0v) is 7.40. The lowest BCUT2D eigenvalue weighted by Crippen LogP contribution is -1.90. The topological polar surface area (TPSA) is 30.4 Å². The third kappa shape index (κ3) is 0.971. The molecule has 0 radical (unpaired) electrons. The Morgan fingerprint density at radius 2 is 2.23 bits per heavy atom. The second-order valence-corrected chi connectivity index (χ2v) is 3.35. The zero-order valence-electron chi connectivity index (χ0n) is 7.40. The summed E-state index contributed by atoms with van der Waals surface area (Å²) in [7, 11) is 1.97. The summed E-state index contributed by atoms with van der Waals surface area (Å²) in [6, 6.07) is 8.24. The lowest BCUT2D eigenvalue weighted by Gasteiger charge is -1.90. The maximum Gasteiger partial charge on any atom is 0.125 e. The summed E-state index contributed by atoms with van der Waals surface area (Å²) < 4.78 is 7.15. The van der Waals surface area contributed by atoms with E-state index in [0.717, 1.165) is 12.3 Å². The number of aromatic nitrogens is 2. The van der Waals surface area contributed by atoms with E-state index in [1.54, 1.807) is 0 Å². The summed E-state index contributed by atoms with van der Waals surface area (Å²) in [4.78, 5) is 0. The molecule has 66 valence electrons. The molecule has 0 spiro atoms. The Kier molecular flexibility index (Phi) is 1.27. The molecule has 0 saturated carbocycles. The van der Waals surface area contributed by atoms with Crippen molar-refractivity contribution in [2.24, 2.45) is 7.05 Å². The van der Waals surface area contributed by atoms with Crippen LogP contribution in [0.2, 0.25) is 0 Å². The second kappa shape index (κ2) is 2.33. The van der Waals surface area contributed by atoms with Crippen LogP contribution in [-0.4, -0.2) is 16.4 Å². The van der Waals surface area contributed by atoms with Gasteiger partial charge in [-0.1, -0.05) is 18.2 Å². The molecule has 1 fully saturated rings. The molecular weight excluding hydrogens is 164 g/mol.